The fourth-order valence-corrected chi connectivity index (χ4v) is 2.61. The molecule has 2 rings (SSSR count). The monoisotopic (exact) mass is 326 g/mol. The van der Waals surface area contributed by atoms with E-state index in [1.807, 2.05) is 38.1 Å². The lowest BCUT2D eigenvalue weighted by Gasteiger charge is -2.34. The van der Waals surface area contributed by atoms with Gasteiger partial charge in [-0.15, -0.1) is 0 Å². The molecule has 1 fully saturated rings. The van der Waals surface area contributed by atoms with Crippen LogP contribution in [0.2, 0.25) is 0 Å². The summed E-state index contributed by atoms with van der Waals surface area (Å²) < 4.78 is 6.65. The van der Waals surface area contributed by atoms with Crippen molar-refractivity contribution < 1.29 is 9.53 Å². The molecule has 0 unspecified atom stereocenters. The van der Waals surface area contributed by atoms with Crippen molar-refractivity contribution >= 4 is 27.5 Å². The van der Waals surface area contributed by atoms with Crippen LogP contribution < -0.4 is 5.32 Å². The number of hydrogen-bond acceptors (Lipinski definition) is 3. The number of nitrogens with zero attached hydrogens (tertiary/aromatic N) is 1. The van der Waals surface area contributed by atoms with Gasteiger partial charge in [-0.05, 0) is 38.1 Å². The van der Waals surface area contributed by atoms with Crippen LogP contribution in [0.25, 0.3) is 0 Å². The van der Waals surface area contributed by atoms with Crippen LogP contribution in [0.3, 0.4) is 0 Å². The quantitative estimate of drug-likeness (QED) is 0.927. The molecule has 0 radical (unpaired) electrons. The number of carbonyl (C=O) groups excluding carboxylic acids is 1. The molecule has 1 amide bonds. The van der Waals surface area contributed by atoms with Crippen LogP contribution in [0.15, 0.2) is 28.7 Å². The van der Waals surface area contributed by atoms with Gasteiger partial charge in [-0.1, -0.05) is 15.9 Å². The molecule has 0 aromatic heterocycles. The van der Waals surface area contributed by atoms with E-state index in [1.54, 1.807) is 0 Å². The zero-order valence-corrected chi connectivity index (χ0v) is 12.8. The van der Waals surface area contributed by atoms with Crippen molar-refractivity contribution in [1.29, 1.82) is 0 Å². The maximum atomic E-state index is 12.0. The molecule has 1 aromatic rings. The second kappa shape index (κ2) is 6.50. The minimum Gasteiger partial charge on any atom is -0.373 e. The van der Waals surface area contributed by atoms with Crippen LogP contribution >= 0.6 is 15.9 Å². The summed E-state index contributed by atoms with van der Waals surface area (Å²) in [7, 11) is 0. The largest absolute Gasteiger partial charge is 0.373 e. The predicted molar refractivity (Wildman–Crippen MR) is 79.2 cm³/mol. The summed E-state index contributed by atoms with van der Waals surface area (Å²) in [4.78, 5) is 14.1. The van der Waals surface area contributed by atoms with Crippen molar-refractivity contribution in [2.45, 2.75) is 26.1 Å². The fraction of sp³-hybridized carbons (Fsp3) is 0.500. The Morgan fingerprint density at radius 1 is 1.32 bits per heavy atom. The number of ether oxygens (including phenoxy) is 1. The molecule has 1 saturated heterocycles. The second-order valence-corrected chi connectivity index (χ2v) is 5.92. The van der Waals surface area contributed by atoms with E-state index in [9.17, 15) is 4.79 Å². The van der Waals surface area contributed by atoms with Gasteiger partial charge in [0.2, 0.25) is 5.91 Å². The van der Waals surface area contributed by atoms with E-state index in [0.717, 1.165) is 23.2 Å². The summed E-state index contributed by atoms with van der Waals surface area (Å²) in [5.74, 6) is 0.0172. The maximum Gasteiger partial charge on any atom is 0.238 e. The summed E-state index contributed by atoms with van der Waals surface area (Å²) in [5.41, 5.74) is 0.822. The molecular formula is C14H19BrN2O2. The van der Waals surface area contributed by atoms with Gasteiger partial charge in [0.25, 0.3) is 0 Å². The third-order valence-electron chi connectivity index (χ3n) is 2.99. The fourth-order valence-electron chi connectivity index (χ4n) is 2.35. The highest BCUT2D eigenvalue weighted by Crippen LogP contribution is 2.14. The molecule has 0 spiro atoms. The van der Waals surface area contributed by atoms with Crippen molar-refractivity contribution in [3.63, 3.8) is 0 Å². The third kappa shape index (κ3) is 4.60. The van der Waals surface area contributed by atoms with Crippen LogP contribution in [-0.2, 0) is 9.53 Å². The molecule has 4 nitrogen and oxygen atoms in total. The van der Waals surface area contributed by atoms with Crippen molar-refractivity contribution in [2.24, 2.45) is 0 Å². The minimum absolute atomic E-state index is 0.0172. The molecule has 2 atom stereocenters. The number of rotatable bonds is 3. The molecular weight excluding hydrogens is 308 g/mol. The molecule has 1 aliphatic rings. The van der Waals surface area contributed by atoms with Gasteiger partial charge >= 0.3 is 0 Å². The molecule has 19 heavy (non-hydrogen) atoms. The topological polar surface area (TPSA) is 41.6 Å². The van der Waals surface area contributed by atoms with E-state index < -0.39 is 0 Å². The van der Waals surface area contributed by atoms with Gasteiger partial charge in [0.1, 0.15) is 0 Å². The van der Waals surface area contributed by atoms with E-state index >= 15 is 0 Å². The standard InChI is InChI=1S/C14H19BrN2O2/c1-10-7-17(8-11(2)19-10)9-14(18)16-13-5-3-12(15)4-6-13/h3-6,10-11H,7-9H2,1-2H3,(H,16,18)/t10-,11-/m0/s1. The molecule has 0 saturated carbocycles. The highest BCUT2D eigenvalue weighted by molar-refractivity contribution is 9.10. The number of halogens is 1. The molecule has 0 aliphatic carbocycles. The predicted octanol–water partition coefficient (Wildman–Crippen LogP) is 2.50. The zero-order chi connectivity index (χ0) is 13.8. The van der Waals surface area contributed by atoms with E-state index in [4.69, 9.17) is 4.74 Å². The number of hydrogen-bond donors (Lipinski definition) is 1. The van der Waals surface area contributed by atoms with Gasteiger partial charge in [-0.2, -0.15) is 0 Å². The first-order chi connectivity index (χ1) is 9.02. The first kappa shape index (κ1) is 14.5. The first-order valence-corrected chi connectivity index (χ1v) is 7.25. The molecule has 1 N–H and O–H groups in total. The third-order valence-corrected chi connectivity index (χ3v) is 3.52. The van der Waals surface area contributed by atoms with E-state index in [2.05, 4.69) is 26.1 Å². The van der Waals surface area contributed by atoms with Gasteiger partial charge in [-0.25, -0.2) is 0 Å². The smallest absolute Gasteiger partial charge is 0.238 e. The van der Waals surface area contributed by atoms with E-state index in [1.165, 1.54) is 0 Å². The van der Waals surface area contributed by atoms with Gasteiger partial charge in [0, 0.05) is 23.2 Å². The zero-order valence-electron chi connectivity index (χ0n) is 11.2. The van der Waals surface area contributed by atoms with Crippen molar-refractivity contribution in [1.82, 2.24) is 4.90 Å². The second-order valence-electron chi connectivity index (χ2n) is 5.01. The SMILES string of the molecule is C[C@H]1CN(CC(=O)Nc2ccc(Br)cc2)C[C@H](C)O1. The number of benzene rings is 1. The molecule has 0 bridgehead atoms. The van der Waals surface area contributed by atoms with Crippen LogP contribution in [0.1, 0.15) is 13.8 Å². The lowest BCUT2D eigenvalue weighted by atomic mass is 10.2. The Hall–Kier alpha value is -0.910. The normalized spacial score (nSPS) is 24.2. The van der Waals surface area contributed by atoms with Gasteiger partial charge in [0.05, 0.1) is 18.8 Å². The lowest BCUT2D eigenvalue weighted by Crippen LogP contribution is -2.48. The number of amides is 1. The summed E-state index contributed by atoms with van der Waals surface area (Å²) in [6, 6.07) is 7.59. The van der Waals surface area contributed by atoms with Crippen LogP contribution in [0.4, 0.5) is 5.69 Å². The number of carbonyl (C=O) groups is 1. The van der Waals surface area contributed by atoms with E-state index in [0.29, 0.717) is 6.54 Å². The van der Waals surface area contributed by atoms with Crippen molar-refractivity contribution in [3.8, 4) is 0 Å². The highest BCUT2D eigenvalue weighted by Gasteiger charge is 2.23. The molecule has 1 aromatic carbocycles. The molecule has 104 valence electrons. The summed E-state index contributed by atoms with van der Waals surface area (Å²) in [6.45, 7) is 6.09. The highest BCUT2D eigenvalue weighted by atomic mass is 79.9. The first-order valence-electron chi connectivity index (χ1n) is 6.46. The van der Waals surface area contributed by atoms with Crippen LogP contribution in [0.5, 0.6) is 0 Å². The number of nitrogens with one attached hydrogen (secondary N) is 1. The van der Waals surface area contributed by atoms with Crippen molar-refractivity contribution in [3.05, 3.63) is 28.7 Å². The Labute approximate surface area is 122 Å². The Bertz CT molecular complexity index is 426. The van der Waals surface area contributed by atoms with Gasteiger partial charge in [-0.3, -0.25) is 9.69 Å². The van der Waals surface area contributed by atoms with Crippen molar-refractivity contribution in [2.75, 3.05) is 25.0 Å². The Balaban J connectivity index is 1.85. The molecule has 1 aliphatic heterocycles. The number of morpholine rings is 1. The molecule has 1 heterocycles. The average molecular weight is 327 g/mol. The summed E-state index contributed by atoms with van der Waals surface area (Å²) in [5, 5.41) is 2.90. The van der Waals surface area contributed by atoms with Crippen LogP contribution in [-0.4, -0.2) is 42.6 Å². The van der Waals surface area contributed by atoms with E-state index in [-0.39, 0.29) is 18.1 Å². The Kier molecular flexibility index (Phi) is 4.96. The summed E-state index contributed by atoms with van der Waals surface area (Å²) >= 11 is 3.37. The van der Waals surface area contributed by atoms with Gasteiger partial charge < -0.3 is 10.1 Å². The number of anilines is 1. The van der Waals surface area contributed by atoms with Gasteiger partial charge in [0.15, 0.2) is 0 Å². The Morgan fingerprint density at radius 3 is 2.47 bits per heavy atom. The average Bonchev–Trinajstić information content (AvgIpc) is 2.30. The van der Waals surface area contributed by atoms with Crippen LogP contribution in [0, 0.1) is 0 Å². The minimum atomic E-state index is 0.0172. The maximum absolute atomic E-state index is 12.0. The lowest BCUT2D eigenvalue weighted by molar-refractivity contribution is -0.121. The Morgan fingerprint density at radius 2 is 1.89 bits per heavy atom. The summed E-state index contributed by atoms with van der Waals surface area (Å²) in [6.07, 6.45) is 0.369. The molecule has 5 heteroatoms.